The van der Waals surface area contributed by atoms with Crippen LogP contribution in [0.4, 0.5) is 0 Å². The molecule has 0 amide bonds. The van der Waals surface area contributed by atoms with Gasteiger partial charge in [-0.1, -0.05) is 20.8 Å². The molecule has 2 heterocycles. The smallest absolute Gasteiger partial charge is 0.334 e. The Morgan fingerprint density at radius 3 is 2.85 bits per heavy atom. The van der Waals surface area contributed by atoms with E-state index in [0.717, 1.165) is 17.8 Å². The monoisotopic (exact) mass is 281 g/mol. The van der Waals surface area contributed by atoms with E-state index in [1.54, 1.807) is 0 Å². The highest BCUT2D eigenvalue weighted by molar-refractivity contribution is 5.72. The van der Waals surface area contributed by atoms with Gasteiger partial charge in [0.05, 0.1) is 12.3 Å². The lowest BCUT2D eigenvalue weighted by Gasteiger charge is -2.31. The second-order valence-electron chi connectivity index (χ2n) is 6.36. The first kappa shape index (κ1) is 15.0. The van der Waals surface area contributed by atoms with E-state index in [1.165, 1.54) is 0 Å². The van der Waals surface area contributed by atoms with Gasteiger partial charge < -0.3 is 9.84 Å². The molecule has 6 heteroatoms. The zero-order chi connectivity index (χ0) is 14.9. The lowest BCUT2D eigenvalue weighted by molar-refractivity contribution is -0.156. The van der Waals surface area contributed by atoms with Crippen molar-refractivity contribution in [1.29, 1.82) is 0 Å². The molecule has 112 valence electrons. The SMILES string of the molecule is Cn1cc(CN2CCOC(C(=O)O)C2)c(C(C)(C)C)n1. The largest absolute Gasteiger partial charge is 0.479 e. The number of hydrogen-bond acceptors (Lipinski definition) is 4. The Kier molecular flexibility index (Phi) is 4.15. The van der Waals surface area contributed by atoms with Crippen LogP contribution in [0, 0.1) is 0 Å². The van der Waals surface area contributed by atoms with Gasteiger partial charge in [-0.15, -0.1) is 0 Å². The van der Waals surface area contributed by atoms with E-state index in [9.17, 15) is 4.79 Å². The van der Waals surface area contributed by atoms with Gasteiger partial charge in [-0.05, 0) is 0 Å². The van der Waals surface area contributed by atoms with Crippen LogP contribution in [0.5, 0.6) is 0 Å². The van der Waals surface area contributed by atoms with Crippen LogP contribution in [0.25, 0.3) is 0 Å². The van der Waals surface area contributed by atoms with E-state index >= 15 is 0 Å². The number of carbonyl (C=O) groups is 1. The van der Waals surface area contributed by atoms with Crippen molar-refractivity contribution in [2.45, 2.75) is 38.8 Å². The molecule has 1 aromatic heterocycles. The van der Waals surface area contributed by atoms with Crippen LogP contribution in [-0.4, -0.2) is 51.6 Å². The number of aryl methyl sites for hydroxylation is 1. The molecule has 1 fully saturated rings. The number of nitrogens with zero attached hydrogens (tertiary/aromatic N) is 3. The molecule has 1 unspecified atom stereocenters. The van der Waals surface area contributed by atoms with Crippen LogP contribution < -0.4 is 0 Å². The first-order valence-electron chi connectivity index (χ1n) is 6.87. The molecule has 1 N–H and O–H groups in total. The molecule has 6 nitrogen and oxygen atoms in total. The standard InChI is InChI=1S/C14H23N3O3/c1-14(2,3)12-10(7-16(4)15-12)8-17-5-6-20-11(9-17)13(18)19/h7,11H,5-6,8-9H2,1-4H3,(H,18,19). The second-order valence-corrected chi connectivity index (χ2v) is 6.36. The molecule has 1 atom stereocenters. The van der Waals surface area contributed by atoms with E-state index in [2.05, 4.69) is 30.8 Å². The summed E-state index contributed by atoms with van der Waals surface area (Å²) in [6, 6.07) is 0. The molecule has 0 aliphatic carbocycles. The highest BCUT2D eigenvalue weighted by atomic mass is 16.5. The summed E-state index contributed by atoms with van der Waals surface area (Å²) < 4.78 is 7.07. The van der Waals surface area contributed by atoms with Gasteiger partial charge in [0.25, 0.3) is 0 Å². The normalized spacial score (nSPS) is 21.1. The number of carboxylic acid groups (broad SMARTS) is 1. The summed E-state index contributed by atoms with van der Waals surface area (Å²) in [5, 5.41) is 13.6. The van der Waals surface area contributed by atoms with Crippen LogP contribution in [0.1, 0.15) is 32.0 Å². The van der Waals surface area contributed by atoms with Crippen molar-refractivity contribution in [2.75, 3.05) is 19.7 Å². The summed E-state index contributed by atoms with van der Waals surface area (Å²) in [5.74, 6) is -0.892. The van der Waals surface area contributed by atoms with Crippen molar-refractivity contribution in [1.82, 2.24) is 14.7 Å². The zero-order valence-electron chi connectivity index (χ0n) is 12.6. The van der Waals surface area contributed by atoms with Gasteiger partial charge in [0.1, 0.15) is 0 Å². The van der Waals surface area contributed by atoms with Gasteiger partial charge in [0.15, 0.2) is 6.10 Å². The second kappa shape index (κ2) is 5.54. The third kappa shape index (κ3) is 3.37. The topological polar surface area (TPSA) is 67.6 Å². The molecule has 0 bridgehead atoms. The number of ether oxygens (including phenoxy) is 1. The van der Waals surface area contributed by atoms with Crippen molar-refractivity contribution in [2.24, 2.45) is 7.05 Å². The Bertz CT molecular complexity index is 490. The predicted octanol–water partition coefficient (Wildman–Crippen LogP) is 1.00. The van der Waals surface area contributed by atoms with E-state index < -0.39 is 12.1 Å². The Labute approximate surface area is 119 Å². The molecular formula is C14H23N3O3. The van der Waals surface area contributed by atoms with Gasteiger partial charge in [-0.25, -0.2) is 4.79 Å². The van der Waals surface area contributed by atoms with Gasteiger partial charge >= 0.3 is 5.97 Å². The number of rotatable bonds is 3. The Morgan fingerprint density at radius 2 is 2.25 bits per heavy atom. The number of aromatic nitrogens is 2. The van der Waals surface area contributed by atoms with Crippen molar-refractivity contribution in [3.63, 3.8) is 0 Å². The van der Waals surface area contributed by atoms with Gasteiger partial charge in [-0.3, -0.25) is 9.58 Å². The fourth-order valence-electron chi connectivity index (χ4n) is 2.52. The quantitative estimate of drug-likeness (QED) is 0.895. The molecule has 1 aliphatic rings. The van der Waals surface area contributed by atoms with E-state index in [4.69, 9.17) is 9.84 Å². The summed E-state index contributed by atoms with van der Waals surface area (Å²) in [7, 11) is 1.91. The van der Waals surface area contributed by atoms with Crippen LogP contribution in [0.15, 0.2) is 6.20 Å². The van der Waals surface area contributed by atoms with Crippen LogP contribution >= 0.6 is 0 Å². The van der Waals surface area contributed by atoms with Crippen LogP contribution in [-0.2, 0) is 28.5 Å². The highest BCUT2D eigenvalue weighted by Gasteiger charge is 2.28. The molecule has 0 spiro atoms. The molecule has 20 heavy (non-hydrogen) atoms. The molecule has 0 radical (unpaired) electrons. The zero-order valence-corrected chi connectivity index (χ0v) is 12.6. The van der Waals surface area contributed by atoms with Gasteiger partial charge in [0, 0.05) is 43.9 Å². The van der Waals surface area contributed by atoms with Crippen molar-refractivity contribution < 1.29 is 14.6 Å². The average Bonchev–Trinajstić information content (AvgIpc) is 2.70. The van der Waals surface area contributed by atoms with Gasteiger partial charge in [0.2, 0.25) is 0 Å². The summed E-state index contributed by atoms with van der Waals surface area (Å²) in [4.78, 5) is 13.1. The molecule has 1 aliphatic heterocycles. The molecule has 1 aromatic rings. The Hall–Kier alpha value is -1.40. The molecule has 0 aromatic carbocycles. The number of aliphatic carboxylic acids is 1. The third-order valence-corrected chi connectivity index (χ3v) is 3.43. The minimum atomic E-state index is -0.892. The Morgan fingerprint density at radius 1 is 1.55 bits per heavy atom. The maximum Gasteiger partial charge on any atom is 0.334 e. The number of hydrogen-bond donors (Lipinski definition) is 1. The molecule has 0 saturated carbocycles. The first-order chi connectivity index (χ1) is 9.27. The van der Waals surface area contributed by atoms with Gasteiger partial charge in [-0.2, -0.15) is 5.10 Å². The number of morpholine rings is 1. The minimum absolute atomic E-state index is 0.0188. The fraction of sp³-hybridized carbons (Fsp3) is 0.714. The molecule has 1 saturated heterocycles. The minimum Gasteiger partial charge on any atom is -0.479 e. The van der Waals surface area contributed by atoms with E-state index in [-0.39, 0.29) is 5.41 Å². The summed E-state index contributed by atoms with van der Waals surface area (Å²) in [6.45, 7) is 8.76. The van der Waals surface area contributed by atoms with Crippen LogP contribution in [0.2, 0.25) is 0 Å². The maximum absolute atomic E-state index is 11.0. The first-order valence-corrected chi connectivity index (χ1v) is 6.87. The maximum atomic E-state index is 11.0. The lowest BCUT2D eigenvalue weighted by Crippen LogP contribution is -2.45. The van der Waals surface area contributed by atoms with Crippen LogP contribution in [0.3, 0.4) is 0 Å². The molecular weight excluding hydrogens is 258 g/mol. The summed E-state index contributed by atoms with van der Waals surface area (Å²) in [6.07, 6.45) is 1.30. The van der Waals surface area contributed by atoms with E-state index in [0.29, 0.717) is 19.7 Å². The predicted molar refractivity (Wildman–Crippen MR) is 74.6 cm³/mol. The van der Waals surface area contributed by atoms with Crippen molar-refractivity contribution >= 4 is 5.97 Å². The summed E-state index contributed by atoms with van der Waals surface area (Å²) in [5.41, 5.74) is 2.21. The lowest BCUT2D eigenvalue weighted by atomic mass is 9.89. The molecule has 2 rings (SSSR count). The number of carboxylic acids is 1. The fourth-order valence-corrected chi connectivity index (χ4v) is 2.52. The van der Waals surface area contributed by atoms with Crippen molar-refractivity contribution in [3.05, 3.63) is 17.5 Å². The van der Waals surface area contributed by atoms with Crippen molar-refractivity contribution in [3.8, 4) is 0 Å². The van der Waals surface area contributed by atoms with E-state index in [1.807, 2.05) is 17.9 Å². The Balaban J connectivity index is 2.12. The highest BCUT2D eigenvalue weighted by Crippen LogP contribution is 2.25. The third-order valence-electron chi connectivity index (χ3n) is 3.43. The average molecular weight is 281 g/mol. The summed E-state index contributed by atoms with van der Waals surface area (Å²) >= 11 is 0.